The number of para-hydroxylation sites is 1. The summed E-state index contributed by atoms with van der Waals surface area (Å²) in [7, 11) is 1.48. The molecule has 5 nitrogen and oxygen atoms in total. The number of benzene rings is 3. The van der Waals surface area contributed by atoms with Crippen LogP contribution in [0.2, 0.25) is 5.02 Å². The van der Waals surface area contributed by atoms with Gasteiger partial charge in [-0.05, 0) is 59.5 Å². The molecule has 0 aromatic heterocycles. The molecule has 0 unspecified atom stereocenters. The molecule has 166 valence electrons. The van der Waals surface area contributed by atoms with Gasteiger partial charge in [-0.2, -0.15) is 5.26 Å². The predicted molar refractivity (Wildman–Crippen MR) is 129 cm³/mol. The molecule has 0 bridgehead atoms. The Bertz CT molecular complexity index is 1210. The van der Waals surface area contributed by atoms with Crippen LogP contribution in [0.25, 0.3) is 11.6 Å². The highest BCUT2D eigenvalue weighted by molar-refractivity contribution is 6.30. The first-order chi connectivity index (χ1) is 16.0. The second-order valence-corrected chi connectivity index (χ2v) is 7.39. The van der Waals surface area contributed by atoms with E-state index in [0.29, 0.717) is 34.1 Å². The van der Waals surface area contributed by atoms with Gasteiger partial charge < -0.3 is 14.2 Å². The number of allylic oxidation sites excluding steroid dienone is 2. The Morgan fingerprint density at radius 2 is 1.82 bits per heavy atom. The fourth-order valence-corrected chi connectivity index (χ4v) is 3.22. The topological polar surface area (TPSA) is 68.5 Å². The predicted octanol–water partition coefficient (Wildman–Crippen LogP) is 6.13. The minimum absolute atomic E-state index is 0.256. The molecule has 0 fully saturated rings. The maximum absolute atomic E-state index is 12.4. The summed E-state index contributed by atoms with van der Waals surface area (Å²) in [6.45, 7) is 3.47. The van der Waals surface area contributed by atoms with Gasteiger partial charge in [0.2, 0.25) is 0 Å². The standard InChI is InChI=1S/C27H22ClNO4/c1-3-6-21-7-4-5-8-24(21)32-18-27(30)33-25-14-9-19(16-26(25)31-2)15-22(17-29)20-10-12-23(28)13-11-20/h3-5,7-16H,1,6,18H2,2H3/b22-15+. The zero-order chi connectivity index (χ0) is 23.6. The Balaban J connectivity index is 1.72. The van der Waals surface area contributed by atoms with Crippen LogP contribution in [-0.4, -0.2) is 19.7 Å². The van der Waals surface area contributed by atoms with Gasteiger partial charge >= 0.3 is 5.97 Å². The van der Waals surface area contributed by atoms with E-state index >= 15 is 0 Å². The number of hydrogen-bond acceptors (Lipinski definition) is 5. The van der Waals surface area contributed by atoms with Crippen molar-refractivity contribution in [2.45, 2.75) is 6.42 Å². The van der Waals surface area contributed by atoms with E-state index < -0.39 is 5.97 Å². The molecule has 0 aliphatic carbocycles. The molecule has 3 aromatic rings. The van der Waals surface area contributed by atoms with Gasteiger partial charge in [-0.15, -0.1) is 6.58 Å². The van der Waals surface area contributed by atoms with Crippen LogP contribution in [0.1, 0.15) is 16.7 Å². The monoisotopic (exact) mass is 459 g/mol. The Labute approximate surface area is 198 Å². The van der Waals surface area contributed by atoms with Crippen molar-refractivity contribution < 1.29 is 19.0 Å². The van der Waals surface area contributed by atoms with Gasteiger partial charge in [-0.1, -0.05) is 54.1 Å². The van der Waals surface area contributed by atoms with Crippen LogP contribution in [0.4, 0.5) is 0 Å². The molecule has 6 heteroatoms. The highest BCUT2D eigenvalue weighted by atomic mass is 35.5. The molecule has 0 atom stereocenters. The van der Waals surface area contributed by atoms with Crippen molar-refractivity contribution in [3.63, 3.8) is 0 Å². The average Bonchev–Trinajstić information content (AvgIpc) is 2.83. The molecule has 0 saturated heterocycles. The number of hydrogen-bond donors (Lipinski definition) is 0. The minimum atomic E-state index is -0.566. The summed E-state index contributed by atoms with van der Waals surface area (Å²) in [5.74, 6) is 0.655. The van der Waals surface area contributed by atoms with E-state index in [-0.39, 0.29) is 12.4 Å². The third kappa shape index (κ3) is 6.49. The quantitative estimate of drug-likeness (QED) is 0.127. The molecular formula is C27H22ClNO4. The molecule has 33 heavy (non-hydrogen) atoms. The van der Waals surface area contributed by atoms with Gasteiger partial charge in [0, 0.05) is 5.02 Å². The number of nitrogens with zero attached hydrogens (tertiary/aromatic N) is 1. The summed E-state index contributed by atoms with van der Waals surface area (Å²) < 4.78 is 16.4. The van der Waals surface area contributed by atoms with Crippen molar-refractivity contribution in [2.75, 3.05) is 13.7 Å². The fourth-order valence-electron chi connectivity index (χ4n) is 3.09. The Morgan fingerprint density at radius 3 is 2.52 bits per heavy atom. The van der Waals surface area contributed by atoms with Crippen molar-refractivity contribution in [1.29, 1.82) is 5.26 Å². The third-order valence-corrected chi connectivity index (χ3v) is 4.93. The molecular weight excluding hydrogens is 438 g/mol. The minimum Gasteiger partial charge on any atom is -0.493 e. The summed E-state index contributed by atoms with van der Waals surface area (Å²) in [4.78, 5) is 12.4. The van der Waals surface area contributed by atoms with Crippen LogP contribution in [0.3, 0.4) is 0 Å². The van der Waals surface area contributed by atoms with Crippen molar-refractivity contribution in [2.24, 2.45) is 0 Å². The summed E-state index contributed by atoms with van der Waals surface area (Å²) in [5.41, 5.74) is 2.85. The van der Waals surface area contributed by atoms with Crippen molar-refractivity contribution in [3.8, 4) is 23.3 Å². The molecule has 0 saturated carbocycles. The van der Waals surface area contributed by atoms with Gasteiger partial charge in [-0.25, -0.2) is 4.79 Å². The number of carbonyl (C=O) groups is 1. The summed E-state index contributed by atoms with van der Waals surface area (Å²) in [6, 6.07) is 21.7. The van der Waals surface area contributed by atoms with Crippen LogP contribution < -0.4 is 14.2 Å². The van der Waals surface area contributed by atoms with Crippen molar-refractivity contribution >= 4 is 29.2 Å². The van der Waals surface area contributed by atoms with Gasteiger partial charge in [0.25, 0.3) is 0 Å². The lowest BCUT2D eigenvalue weighted by Crippen LogP contribution is -2.18. The zero-order valence-corrected chi connectivity index (χ0v) is 18.8. The molecule has 0 amide bonds. The number of halogens is 1. The first-order valence-electron chi connectivity index (χ1n) is 10.1. The van der Waals surface area contributed by atoms with Crippen LogP contribution in [0.15, 0.2) is 79.4 Å². The molecule has 0 aliphatic rings. The zero-order valence-electron chi connectivity index (χ0n) is 18.1. The van der Waals surface area contributed by atoms with Crippen LogP contribution in [0, 0.1) is 11.3 Å². The number of methoxy groups -OCH3 is 1. The number of nitriles is 1. The van der Waals surface area contributed by atoms with E-state index in [1.54, 1.807) is 60.7 Å². The second-order valence-electron chi connectivity index (χ2n) is 6.95. The average molecular weight is 460 g/mol. The van der Waals surface area contributed by atoms with Crippen LogP contribution >= 0.6 is 11.6 Å². The number of ether oxygens (including phenoxy) is 3. The van der Waals surface area contributed by atoms with Crippen LogP contribution in [0.5, 0.6) is 17.2 Å². The second kappa shape index (κ2) is 11.6. The number of rotatable bonds is 9. The first kappa shape index (κ1) is 23.6. The highest BCUT2D eigenvalue weighted by Gasteiger charge is 2.13. The number of carbonyl (C=O) groups excluding carboxylic acids is 1. The third-order valence-electron chi connectivity index (χ3n) is 4.68. The lowest BCUT2D eigenvalue weighted by atomic mass is 10.0. The van der Waals surface area contributed by atoms with E-state index in [4.69, 9.17) is 25.8 Å². The van der Waals surface area contributed by atoms with E-state index in [9.17, 15) is 10.1 Å². The van der Waals surface area contributed by atoms with Crippen molar-refractivity contribution in [3.05, 3.63) is 101 Å². The Morgan fingerprint density at radius 1 is 1.06 bits per heavy atom. The van der Waals surface area contributed by atoms with Gasteiger partial charge in [0.05, 0.1) is 18.8 Å². The lowest BCUT2D eigenvalue weighted by Gasteiger charge is -2.12. The van der Waals surface area contributed by atoms with E-state index in [1.807, 2.05) is 18.2 Å². The maximum Gasteiger partial charge on any atom is 0.349 e. The largest absolute Gasteiger partial charge is 0.493 e. The maximum atomic E-state index is 12.4. The summed E-state index contributed by atoms with van der Waals surface area (Å²) in [6.07, 6.45) is 4.12. The first-order valence-corrected chi connectivity index (χ1v) is 10.5. The molecule has 0 radical (unpaired) electrons. The molecule has 3 rings (SSSR count). The lowest BCUT2D eigenvalue weighted by molar-refractivity contribution is -0.136. The van der Waals surface area contributed by atoms with Gasteiger partial charge in [0.1, 0.15) is 5.75 Å². The Kier molecular flexibility index (Phi) is 8.29. The van der Waals surface area contributed by atoms with E-state index in [0.717, 1.165) is 11.1 Å². The van der Waals surface area contributed by atoms with Gasteiger partial charge in [-0.3, -0.25) is 0 Å². The summed E-state index contributed by atoms with van der Waals surface area (Å²) >= 11 is 5.92. The molecule has 3 aromatic carbocycles. The normalized spacial score (nSPS) is 10.8. The van der Waals surface area contributed by atoms with Gasteiger partial charge in [0.15, 0.2) is 18.1 Å². The van der Waals surface area contributed by atoms with E-state index in [1.165, 1.54) is 7.11 Å². The number of esters is 1. The molecule has 0 N–H and O–H groups in total. The molecule has 0 heterocycles. The van der Waals surface area contributed by atoms with Crippen LogP contribution in [-0.2, 0) is 11.2 Å². The Hall–Kier alpha value is -4.01. The summed E-state index contributed by atoms with van der Waals surface area (Å²) in [5, 5.41) is 10.1. The molecule has 0 spiro atoms. The highest BCUT2D eigenvalue weighted by Crippen LogP contribution is 2.30. The van der Waals surface area contributed by atoms with E-state index in [2.05, 4.69) is 12.6 Å². The smallest absolute Gasteiger partial charge is 0.349 e. The molecule has 0 aliphatic heterocycles. The van der Waals surface area contributed by atoms with Crippen molar-refractivity contribution in [1.82, 2.24) is 0 Å². The fraction of sp³-hybridized carbons (Fsp3) is 0.111. The SMILES string of the molecule is C=CCc1ccccc1OCC(=O)Oc1ccc(/C=C(\C#N)c2ccc(Cl)cc2)cc1OC.